The number of hydrogen-bond acceptors (Lipinski definition) is 5. The van der Waals surface area contributed by atoms with Gasteiger partial charge in [0, 0.05) is 37.4 Å². The highest BCUT2D eigenvalue weighted by Crippen LogP contribution is 2.27. The molecule has 0 atom stereocenters. The van der Waals surface area contributed by atoms with Crippen LogP contribution in [0.1, 0.15) is 38.5 Å². The Bertz CT molecular complexity index is 1330. The molecule has 0 saturated carbocycles. The molecule has 0 spiro atoms. The molecule has 34 heavy (non-hydrogen) atoms. The fraction of sp³-hybridized carbons (Fsp3) is 0.280. The molecule has 9 heteroatoms. The number of furan rings is 1. The van der Waals surface area contributed by atoms with E-state index in [1.807, 2.05) is 6.07 Å². The Morgan fingerprint density at radius 1 is 0.882 bits per heavy atom. The number of nitrogens with one attached hydrogen (secondary N) is 1. The lowest BCUT2D eigenvalue weighted by molar-refractivity contribution is 0.0697. The first kappa shape index (κ1) is 22.4. The number of carbonyl (C=O) groups is 2. The molecule has 8 nitrogen and oxygen atoms in total. The zero-order chi connectivity index (χ0) is 23.7. The molecule has 0 unspecified atom stereocenters. The van der Waals surface area contributed by atoms with Crippen LogP contribution in [0.3, 0.4) is 0 Å². The van der Waals surface area contributed by atoms with Gasteiger partial charge in [-0.2, -0.15) is 4.31 Å². The summed E-state index contributed by atoms with van der Waals surface area (Å²) >= 11 is 0. The number of nitrogens with zero attached hydrogens (tertiary/aromatic N) is 2. The Morgan fingerprint density at radius 2 is 1.68 bits per heavy atom. The van der Waals surface area contributed by atoms with Crippen molar-refractivity contribution in [3.05, 3.63) is 83.3 Å². The highest BCUT2D eigenvalue weighted by Gasteiger charge is 2.31. The monoisotopic (exact) mass is 479 g/mol. The van der Waals surface area contributed by atoms with Crippen LogP contribution in [0.2, 0.25) is 0 Å². The van der Waals surface area contributed by atoms with Crippen LogP contribution in [0.25, 0.3) is 0 Å². The lowest BCUT2D eigenvalue weighted by atomic mass is 10.1. The summed E-state index contributed by atoms with van der Waals surface area (Å²) in [4.78, 5) is 27.2. The Balaban J connectivity index is 1.23. The van der Waals surface area contributed by atoms with Gasteiger partial charge < -0.3 is 14.6 Å². The van der Waals surface area contributed by atoms with E-state index >= 15 is 0 Å². The van der Waals surface area contributed by atoms with Gasteiger partial charge in [-0.25, -0.2) is 8.42 Å². The number of sulfonamides is 1. The highest BCUT2D eigenvalue weighted by atomic mass is 32.2. The van der Waals surface area contributed by atoms with E-state index < -0.39 is 15.9 Å². The first-order chi connectivity index (χ1) is 16.4. The predicted octanol–water partition coefficient (Wildman–Crippen LogP) is 3.17. The molecule has 5 rings (SSSR count). The van der Waals surface area contributed by atoms with Crippen molar-refractivity contribution < 1.29 is 22.4 Å². The van der Waals surface area contributed by atoms with Crippen LogP contribution in [0.15, 0.2) is 70.2 Å². The van der Waals surface area contributed by atoms with Gasteiger partial charge in [0.2, 0.25) is 10.0 Å². The summed E-state index contributed by atoms with van der Waals surface area (Å²) < 4.78 is 32.8. The molecular weight excluding hydrogens is 454 g/mol. The molecule has 2 amide bonds. The molecule has 2 heterocycles. The average Bonchev–Trinajstić information content (AvgIpc) is 3.56. The topological polar surface area (TPSA) is 99.9 Å². The molecule has 2 aliphatic rings. The van der Waals surface area contributed by atoms with E-state index in [2.05, 4.69) is 5.32 Å². The summed E-state index contributed by atoms with van der Waals surface area (Å²) in [5.41, 5.74) is 3.25. The largest absolute Gasteiger partial charge is 0.459 e. The zero-order valence-electron chi connectivity index (χ0n) is 18.6. The molecule has 1 saturated heterocycles. The second-order valence-corrected chi connectivity index (χ2v) is 10.4. The lowest BCUT2D eigenvalue weighted by Gasteiger charge is -2.34. The van der Waals surface area contributed by atoms with Crippen LogP contribution < -0.4 is 5.32 Å². The first-order valence-corrected chi connectivity index (χ1v) is 12.7. The molecule has 1 N–H and O–H groups in total. The van der Waals surface area contributed by atoms with Gasteiger partial charge in [-0.1, -0.05) is 12.1 Å². The molecule has 0 bridgehead atoms. The van der Waals surface area contributed by atoms with E-state index in [0.29, 0.717) is 29.2 Å². The van der Waals surface area contributed by atoms with E-state index in [9.17, 15) is 18.0 Å². The van der Waals surface area contributed by atoms with Crippen molar-refractivity contribution in [1.82, 2.24) is 9.21 Å². The number of benzene rings is 2. The van der Waals surface area contributed by atoms with Crippen LogP contribution in [0.5, 0.6) is 0 Å². The summed E-state index contributed by atoms with van der Waals surface area (Å²) in [6.45, 7) is 1.07. The number of rotatable bonds is 5. The van der Waals surface area contributed by atoms with Crippen LogP contribution in [-0.2, 0) is 22.9 Å². The molecule has 1 aliphatic heterocycles. The summed E-state index contributed by atoms with van der Waals surface area (Å²) in [5.74, 6) is -0.430. The van der Waals surface area contributed by atoms with Gasteiger partial charge in [0.05, 0.1) is 11.2 Å². The van der Waals surface area contributed by atoms with Gasteiger partial charge in [-0.3, -0.25) is 9.59 Å². The Hall–Kier alpha value is -3.43. The Kier molecular flexibility index (Phi) is 5.97. The van der Waals surface area contributed by atoms with Gasteiger partial charge in [0.1, 0.15) is 0 Å². The van der Waals surface area contributed by atoms with E-state index in [1.54, 1.807) is 53.4 Å². The molecule has 2 aromatic carbocycles. The minimum atomic E-state index is -3.60. The maximum atomic E-state index is 13.2. The third-order valence-corrected chi connectivity index (χ3v) is 8.24. The lowest BCUT2D eigenvalue weighted by Crippen LogP contribution is -2.50. The normalized spacial score (nSPS) is 16.3. The standard InChI is InChI=1S/C25H25N3O5S/c29-24(23-8-3-15-33-23)26-21-7-2-6-20(16-21)25(30)27-11-13-28(14-12-27)34(31,32)22-10-9-18-4-1-5-19(18)17-22/h2-3,6-10,15-17H,1,4-5,11-14H2,(H,26,29). The van der Waals surface area contributed by atoms with E-state index in [0.717, 1.165) is 24.8 Å². The minimum absolute atomic E-state index is 0.178. The highest BCUT2D eigenvalue weighted by molar-refractivity contribution is 7.89. The van der Waals surface area contributed by atoms with E-state index in [1.165, 1.54) is 16.1 Å². The van der Waals surface area contributed by atoms with Gasteiger partial charge in [-0.15, -0.1) is 0 Å². The smallest absolute Gasteiger partial charge is 0.291 e. The van der Waals surface area contributed by atoms with E-state index in [4.69, 9.17) is 4.42 Å². The fourth-order valence-electron chi connectivity index (χ4n) is 4.50. The van der Waals surface area contributed by atoms with Crippen molar-refractivity contribution in [2.45, 2.75) is 24.2 Å². The SMILES string of the molecule is O=C(Nc1cccc(C(=O)N2CCN(S(=O)(=O)c3ccc4c(c3)CCC4)CC2)c1)c1ccco1. The van der Waals surface area contributed by atoms with Gasteiger partial charge in [0.25, 0.3) is 11.8 Å². The van der Waals surface area contributed by atoms with Crippen molar-refractivity contribution in [3.8, 4) is 0 Å². The third kappa shape index (κ3) is 4.36. The first-order valence-electron chi connectivity index (χ1n) is 11.3. The van der Waals surface area contributed by atoms with Crippen molar-refractivity contribution >= 4 is 27.5 Å². The molecule has 1 aliphatic carbocycles. The quantitative estimate of drug-likeness (QED) is 0.606. The van der Waals surface area contributed by atoms with Crippen molar-refractivity contribution in [2.75, 3.05) is 31.5 Å². The second-order valence-electron chi connectivity index (χ2n) is 8.49. The molecule has 3 aromatic rings. The van der Waals surface area contributed by atoms with Gasteiger partial charge >= 0.3 is 0 Å². The van der Waals surface area contributed by atoms with Crippen LogP contribution in [-0.4, -0.2) is 55.6 Å². The maximum absolute atomic E-state index is 13.2. The zero-order valence-corrected chi connectivity index (χ0v) is 19.4. The number of amides is 2. The van der Waals surface area contributed by atoms with Gasteiger partial charge in [0.15, 0.2) is 5.76 Å². The summed E-state index contributed by atoms with van der Waals surface area (Å²) in [6.07, 6.45) is 4.40. The summed E-state index contributed by atoms with van der Waals surface area (Å²) in [5, 5.41) is 2.71. The Morgan fingerprint density at radius 3 is 2.44 bits per heavy atom. The van der Waals surface area contributed by atoms with Crippen LogP contribution in [0, 0.1) is 0 Å². The average molecular weight is 480 g/mol. The van der Waals surface area contributed by atoms with Crippen LogP contribution >= 0.6 is 0 Å². The fourth-order valence-corrected chi connectivity index (χ4v) is 5.98. The Labute approximate surface area is 198 Å². The molecule has 176 valence electrons. The maximum Gasteiger partial charge on any atom is 0.291 e. The van der Waals surface area contributed by atoms with Gasteiger partial charge in [-0.05, 0) is 72.9 Å². The predicted molar refractivity (Wildman–Crippen MR) is 126 cm³/mol. The molecule has 1 fully saturated rings. The number of fused-ring (bicyclic) bond motifs is 1. The minimum Gasteiger partial charge on any atom is -0.459 e. The van der Waals surface area contributed by atoms with Crippen molar-refractivity contribution in [3.63, 3.8) is 0 Å². The number of piperazine rings is 1. The molecule has 0 radical (unpaired) electrons. The van der Waals surface area contributed by atoms with Crippen molar-refractivity contribution in [2.24, 2.45) is 0 Å². The molecular formula is C25H25N3O5S. The molecule has 1 aromatic heterocycles. The number of hydrogen-bond donors (Lipinski definition) is 1. The second kappa shape index (κ2) is 9.08. The van der Waals surface area contributed by atoms with Crippen LogP contribution in [0.4, 0.5) is 5.69 Å². The number of aryl methyl sites for hydroxylation is 2. The van der Waals surface area contributed by atoms with Crippen molar-refractivity contribution in [1.29, 1.82) is 0 Å². The summed E-state index contributed by atoms with van der Waals surface area (Å²) in [6, 6.07) is 15.3. The van der Waals surface area contributed by atoms with E-state index in [-0.39, 0.29) is 24.8 Å². The number of anilines is 1. The third-order valence-electron chi connectivity index (χ3n) is 6.35. The summed E-state index contributed by atoms with van der Waals surface area (Å²) in [7, 11) is -3.60. The number of carbonyl (C=O) groups excluding carboxylic acids is 2.